The van der Waals surface area contributed by atoms with E-state index in [0.29, 0.717) is 31.5 Å². The van der Waals surface area contributed by atoms with Crippen molar-refractivity contribution in [3.05, 3.63) is 86.2 Å². The van der Waals surface area contributed by atoms with Gasteiger partial charge in [0.1, 0.15) is 5.82 Å². The van der Waals surface area contributed by atoms with Gasteiger partial charge in [-0.3, -0.25) is 4.79 Å². The molecule has 2 aromatic carbocycles. The Morgan fingerprint density at radius 1 is 1.13 bits per heavy atom. The topological polar surface area (TPSA) is 46.4 Å². The van der Waals surface area contributed by atoms with Crippen molar-refractivity contribution < 1.29 is 9.18 Å². The molecule has 8 heteroatoms. The standard InChI is InChI=1S/C22H16Cl2FN3OS/c1-12-10-14(13(2)28(12)18-9-4-3-7-16(18)25)11-19-21(29)27-22(30-19)26-17-8-5-6-15(23)20(17)24/h3-11H,1-2H3,(H,26,27,29)/b19-11+. The van der Waals surface area contributed by atoms with Crippen LogP contribution < -0.4 is 5.32 Å². The number of amidine groups is 1. The Bertz CT molecular complexity index is 1230. The summed E-state index contributed by atoms with van der Waals surface area (Å²) in [6.45, 7) is 3.79. The van der Waals surface area contributed by atoms with Crippen molar-refractivity contribution in [1.82, 2.24) is 9.88 Å². The average Bonchev–Trinajstić information content (AvgIpc) is 3.18. The van der Waals surface area contributed by atoms with Crippen LogP contribution in [0.5, 0.6) is 0 Å². The minimum absolute atomic E-state index is 0.257. The zero-order valence-corrected chi connectivity index (χ0v) is 18.4. The van der Waals surface area contributed by atoms with Gasteiger partial charge in [0.25, 0.3) is 5.91 Å². The molecular weight excluding hydrogens is 444 g/mol. The molecule has 152 valence electrons. The van der Waals surface area contributed by atoms with Crippen LogP contribution in [0.2, 0.25) is 10.0 Å². The van der Waals surface area contributed by atoms with Gasteiger partial charge in [-0.1, -0.05) is 41.4 Å². The third-order valence-electron chi connectivity index (χ3n) is 4.65. The van der Waals surface area contributed by atoms with Gasteiger partial charge >= 0.3 is 0 Å². The van der Waals surface area contributed by atoms with Crippen LogP contribution in [0.1, 0.15) is 17.0 Å². The molecule has 1 aliphatic heterocycles. The SMILES string of the molecule is Cc1cc(/C=C2/SC(=Nc3cccc(Cl)c3Cl)NC2=O)c(C)n1-c1ccccc1F. The Balaban J connectivity index is 1.67. The molecule has 30 heavy (non-hydrogen) atoms. The number of thioether (sulfide) groups is 1. The molecule has 1 aliphatic rings. The average molecular weight is 460 g/mol. The molecule has 1 amide bonds. The van der Waals surface area contributed by atoms with E-state index in [1.807, 2.05) is 24.5 Å². The van der Waals surface area contributed by atoms with Crippen molar-refractivity contribution in [2.75, 3.05) is 0 Å². The van der Waals surface area contributed by atoms with Crippen LogP contribution in [-0.2, 0) is 4.79 Å². The zero-order valence-electron chi connectivity index (χ0n) is 16.0. The molecule has 2 heterocycles. The van der Waals surface area contributed by atoms with Crippen molar-refractivity contribution in [2.24, 2.45) is 4.99 Å². The van der Waals surface area contributed by atoms with Crippen LogP contribution in [0.3, 0.4) is 0 Å². The summed E-state index contributed by atoms with van der Waals surface area (Å²) in [6.07, 6.45) is 1.78. The van der Waals surface area contributed by atoms with Crippen LogP contribution in [0.15, 0.2) is 58.4 Å². The maximum Gasteiger partial charge on any atom is 0.264 e. The summed E-state index contributed by atoms with van der Waals surface area (Å²) in [5, 5.41) is 3.87. The highest BCUT2D eigenvalue weighted by Crippen LogP contribution is 2.35. The highest BCUT2D eigenvalue weighted by atomic mass is 35.5. The van der Waals surface area contributed by atoms with E-state index in [0.717, 1.165) is 17.0 Å². The second kappa shape index (κ2) is 8.30. The number of carbonyl (C=O) groups excluding carboxylic acids is 1. The molecule has 4 rings (SSSR count). The van der Waals surface area contributed by atoms with E-state index in [9.17, 15) is 9.18 Å². The van der Waals surface area contributed by atoms with Crippen LogP contribution in [0, 0.1) is 19.7 Å². The number of hydrogen-bond acceptors (Lipinski definition) is 3. The Morgan fingerprint density at radius 3 is 2.67 bits per heavy atom. The van der Waals surface area contributed by atoms with Crippen molar-refractivity contribution in [3.63, 3.8) is 0 Å². The van der Waals surface area contributed by atoms with Gasteiger partial charge in [-0.25, -0.2) is 9.38 Å². The Morgan fingerprint density at radius 2 is 1.90 bits per heavy atom. The summed E-state index contributed by atoms with van der Waals surface area (Å²) in [4.78, 5) is 17.3. The molecule has 0 spiro atoms. The smallest absolute Gasteiger partial charge is 0.264 e. The van der Waals surface area contributed by atoms with Gasteiger partial charge in [0.15, 0.2) is 5.17 Å². The lowest BCUT2D eigenvalue weighted by Crippen LogP contribution is -2.19. The first-order valence-corrected chi connectivity index (χ1v) is 10.6. The van der Waals surface area contributed by atoms with Crippen molar-refractivity contribution in [3.8, 4) is 5.69 Å². The van der Waals surface area contributed by atoms with Crippen LogP contribution in [0.25, 0.3) is 11.8 Å². The summed E-state index contributed by atoms with van der Waals surface area (Å²) in [5.41, 5.74) is 3.48. The number of aliphatic imine (C=N–C) groups is 1. The first kappa shape index (κ1) is 20.7. The number of hydrogen-bond donors (Lipinski definition) is 1. The van der Waals surface area contributed by atoms with Crippen molar-refractivity contribution in [2.45, 2.75) is 13.8 Å². The number of halogens is 3. The van der Waals surface area contributed by atoms with E-state index in [1.165, 1.54) is 17.8 Å². The number of aromatic nitrogens is 1. The fourth-order valence-corrected chi connectivity index (χ4v) is 4.41. The molecule has 0 atom stereocenters. The van der Waals surface area contributed by atoms with Gasteiger partial charge in [-0.15, -0.1) is 0 Å². The number of aryl methyl sites for hydroxylation is 1. The zero-order chi connectivity index (χ0) is 21.4. The lowest BCUT2D eigenvalue weighted by molar-refractivity contribution is -0.115. The van der Waals surface area contributed by atoms with E-state index < -0.39 is 0 Å². The summed E-state index contributed by atoms with van der Waals surface area (Å²) in [5.74, 6) is -0.563. The quantitative estimate of drug-likeness (QED) is 0.458. The highest BCUT2D eigenvalue weighted by Gasteiger charge is 2.25. The number of para-hydroxylation sites is 1. The van der Waals surface area contributed by atoms with Gasteiger partial charge in [0, 0.05) is 11.4 Å². The van der Waals surface area contributed by atoms with Gasteiger partial charge in [0.05, 0.1) is 26.3 Å². The first-order chi connectivity index (χ1) is 14.3. The molecule has 0 radical (unpaired) electrons. The molecular formula is C22H16Cl2FN3OS. The Kier molecular flexibility index (Phi) is 5.73. The van der Waals surface area contributed by atoms with Gasteiger partial charge in [-0.2, -0.15) is 0 Å². The molecule has 4 nitrogen and oxygen atoms in total. The number of carbonyl (C=O) groups is 1. The summed E-state index contributed by atoms with van der Waals surface area (Å²) < 4.78 is 16.1. The molecule has 3 aromatic rings. The van der Waals surface area contributed by atoms with E-state index >= 15 is 0 Å². The maximum absolute atomic E-state index is 14.3. The van der Waals surface area contributed by atoms with E-state index in [1.54, 1.807) is 42.5 Å². The van der Waals surface area contributed by atoms with E-state index in [4.69, 9.17) is 23.2 Å². The van der Waals surface area contributed by atoms with Gasteiger partial charge in [0.2, 0.25) is 0 Å². The van der Waals surface area contributed by atoms with Crippen LogP contribution in [0.4, 0.5) is 10.1 Å². The summed E-state index contributed by atoms with van der Waals surface area (Å²) in [6, 6.07) is 13.7. The second-order valence-electron chi connectivity index (χ2n) is 6.67. The van der Waals surface area contributed by atoms with Crippen molar-refractivity contribution in [1.29, 1.82) is 0 Å². The number of amides is 1. The van der Waals surface area contributed by atoms with Crippen LogP contribution in [-0.4, -0.2) is 15.6 Å². The molecule has 1 fully saturated rings. The fraction of sp³-hybridized carbons (Fsp3) is 0.0909. The summed E-state index contributed by atoms with van der Waals surface area (Å²) in [7, 11) is 0. The predicted molar refractivity (Wildman–Crippen MR) is 122 cm³/mol. The predicted octanol–water partition coefficient (Wildman–Crippen LogP) is 6.43. The molecule has 0 aliphatic carbocycles. The minimum Gasteiger partial charge on any atom is -0.315 e. The third-order valence-corrected chi connectivity index (χ3v) is 6.37. The maximum atomic E-state index is 14.3. The lowest BCUT2D eigenvalue weighted by atomic mass is 10.2. The largest absolute Gasteiger partial charge is 0.315 e. The van der Waals surface area contributed by atoms with Gasteiger partial charge < -0.3 is 9.88 Å². The second-order valence-corrected chi connectivity index (χ2v) is 8.48. The fourth-order valence-electron chi connectivity index (χ4n) is 3.25. The third kappa shape index (κ3) is 3.90. The normalized spacial score (nSPS) is 16.5. The van der Waals surface area contributed by atoms with E-state index in [2.05, 4.69) is 10.3 Å². The van der Waals surface area contributed by atoms with E-state index in [-0.39, 0.29) is 11.7 Å². The molecule has 0 unspecified atom stereocenters. The molecule has 0 saturated carbocycles. The first-order valence-electron chi connectivity index (χ1n) is 9.02. The highest BCUT2D eigenvalue weighted by molar-refractivity contribution is 8.18. The van der Waals surface area contributed by atoms with Crippen molar-refractivity contribution >= 4 is 57.8 Å². The number of rotatable bonds is 3. The lowest BCUT2D eigenvalue weighted by Gasteiger charge is -2.10. The molecule has 0 bridgehead atoms. The number of nitrogens with zero attached hydrogens (tertiary/aromatic N) is 2. The van der Waals surface area contributed by atoms with Gasteiger partial charge in [-0.05, 0) is 67.6 Å². The number of benzene rings is 2. The number of nitrogens with one attached hydrogen (secondary N) is 1. The minimum atomic E-state index is -0.306. The van der Waals surface area contributed by atoms with Crippen LogP contribution >= 0.6 is 35.0 Å². The molecule has 1 N–H and O–H groups in total. The molecule has 1 aromatic heterocycles. The monoisotopic (exact) mass is 459 g/mol. The Hall–Kier alpha value is -2.54. The molecule has 1 saturated heterocycles. The summed E-state index contributed by atoms with van der Waals surface area (Å²) >= 11 is 13.4. The Labute approximate surface area is 187 Å².